The summed E-state index contributed by atoms with van der Waals surface area (Å²) in [7, 11) is 3.33. The van der Waals surface area contributed by atoms with Crippen molar-refractivity contribution in [3.05, 3.63) is 64.7 Å². The van der Waals surface area contributed by atoms with Gasteiger partial charge in [0.1, 0.15) is 0 Å². The lowest BCUT2D eigenvalue weighted by molar-refractivity contribution is -0.262. The zero-order valence-corrected chi connectivity index (χ0v) is 21.5. The highest BCUT2D eigenvalue weighted by Crippen LogP contribution is 2.40. The van der Waals surface area contributed by atoms with Gasteiger partial charge in [-0.15, -0.1) is 0 Å². The van der Waals surface area contributed by atoms with Crippen molar-refractivity contribution < 1.29 is 27.9 Å². The standard InChI is InChI=1S/C26H30ClF3N4O3/c1-31(2)23(35)21-9-8-19(16-22(21)27)34-11-10-20(17-34)32-12-14-33(15-13-32)24(36)25(37,26(28,29)30)18-6-4-3-5-7-18/h3-9,16,20,37H,10-15,17H2,1-2H3/t20?,25-/m1/s1. The number of piperazine rings is 1. The molecule has 2 aliphatic rings. The van der Waals surface area contributed by atoms with E-state index in [1.807, 2.05) is 6.07 Å². The van der Waals surface area contributed by atoms with Crippen LogP contribution in [0, 0.1) is 0 Å². The third-order valence-corrected chi connectivity index (χ3v) is 7.46. The summed E-state index contributed by atoms with van der Waals surface area (Å²) in [5, 5.41) is 11.0. The van der Waals surface area contributed by atoms with Gasteiger partial charge in [-0.2, -0.15) is 13.2 Å². The molecule has 0 bridgehead atoms. The Morgan fingerprint density at radius 3 is 2.22 bits per heavy atom. The molecule has 4 rings (SSSR count). The first-order chi connectivity index (χ1) is 17.4. The van der Waals surface area contributed by atoms with Gasteiger partial charge in [-0.3, -0.25) is 14.5 Å². The number of aliphatic hydroxyl groups is 1. The minimum absolute atomic E-state index is 0.0910. The maximum Gasteiger partial charge on any atom is 0.430 e. The number of hydrogen-bond donors (Lipinski definition) is 1. The van der Waals surface area contributed by atoms with Crippen LogP contribution in [0.4, 0.5) is 18.9 Å². The van der Waals surface area contributed by atoms with Gasteiger partial charge in [0, 0.05) is 70.7 Å². The molecule has 1 unspecified atom stereocenters. The van der Waals surface area contributed by atoms with Crippen LogP contribution in [-0.2, 0) is 10.4 Å². The summed E-state index contributed by atoms with van der Waals surface area (Å²) in [6, 6.07) is 12.0. The Morgan fingerprint density at radius 2 is 1.65 bits per heavy atom. The van der Waals surface area contributed by atoms with Gasteiger partial charge in [0.05, 0.1) is 10.6 Å². The molecule has 1 N–H and O–H groups in total. The molecule has 0 spiro atoms. The maximum atomic E-state index is 13.9. The van der Waals surface area contributed by atoms with Crippen molar-refractivity contribution in [2.24, 2.45) is 0 Å². The smallest absolute Gasteiger partial charge is 0.370 e. The van der Waals surface area contributed by atoms with Crippen molar-refractivity contribution in [1.82, 2.24) is 14.7 Å². The molecule has 2 aromatic carbocycles. The summed E-state index contributed by atoms with van der Waals surface area (Å²) in [6.07, 6.45) is -4.30. The van der Waals surface area contributed by atoms with Gasteiger partial charge >= 0.3 is 6.18 Å². The van der Waals surface area contributed by atoms with Crippen molar-refractivity contribution in [3.8, 4) is 0 Å². The zero-order valence-electron chi connectivity index (χ0n) is 20.7. The molecule has 0 saturated carbocycles. The van der Waals surface area contributed by atoms with Crippen molar-refractivity contribution in [2.45, 2.75) is 24.2 Å². The van der Waals surface area contributed by atoms with Crippen molar-refractivity contribution in [1.29, 1.82) is 0 Å². The average Bonchev–Trinajstić information content (AvgIpc) is 3.37. The van der Waals surface area contributed by atoms with E-state index in [1.54, 1.807) is 26.2 Å². The zero-order chi connectivity index (χ0) is 27.0. The largest absolute Gasteiger partial charge is 0.430 e. The normalized spacial score (nSPS) is 20.6. The second-order valence-corrected chi connectivity index (χ2v) is 10.1. The van der Waals surface area contributed by atoms with Gasteiger partial charge in [-0.25, -0.2) is 0 Å². The molecule has 0 radical (unpaired) electrons. The number of hydrogen-bond acceptors (Lipinski definition) is 5. The molecule has 7 nitrogen and oxygen atoms in total. The molecule has 2 atom stereocenters. The van der Waals surface area contributed by atoms with Gasteiger partial charge in [-0.1, -0.05) is 41.9 Å². The van der Waals surface area contributed by atoms with Crippen molar-refractivity contribution in [3.63, 3.8) is 0 Å². The van der Waals surface area contributed by atoms with Gasteiger partial charge in [0.25, 0.3) is 17.4 Å². The highest BCUT2D eigenvalue weighted by molar-refractivity contribution is 6.34. The fraction of sp³-hybridized carbons (Fsp3) is 0.462. The van der Waals surface area contributed by atoms with Crippen LogP contribution in [0.1, 0.15) is 22.3 Å². The van der Waals surface area contributed by atoms with Crippen LogP contribution < -0.4 is 4.90 Å². The Kier molecular flexibility index (Phi) is 7.73. The molecule has 2 fully saturated rings. The van der Waals surface area contributed by atoms with E-state index in [2.05, 4.69) is 9.80 Å². The molecule has 0 aromatic heterocycles. The fourth-order valence-electron chi connectivity index (χ4n) is 5.00. The third kappa shape index (κ3) is 5.28. The van der Waals surface area contributed by atoms with Crippen molar-refractivity contribution in [2.75, 3.05) is 58.3 Å². The van der Waals surface area contributed by atoms with Gasteiger partial charge in [0.15, 0.2) is 0 Å². The van der Waals surface area contributed by atoms with E-state index < -0.39 is 23.2 Å². The summed E-state index contributed by atoms with van der Waals surface area (Å²) in [6.45, 7) is 2.46. The number of nitrogens with zero attached hydrogens (tertiary/aromatic N) is 4. The Bertz CT molecular complexity index is 1140. The highest BCUT2D eigenvalue weighted by atomic mass is 35.5. The molecule has 37 heavy (non-hydrogen) atoms. The second kappa shape index (κ2) is 10.5. The Labute approximate surface area is 219 Å². The lowest BCUT2D eigenvalue weighted by Gasteiger charge is -2.41. The van der Waals surface area contributed by atoms with E-state index in [0.717, 1.165) is 35.7 Å². The number of carbonyl (C=O) groups is 2. The predicted molar refractivity (Wildman–Crippen MR) is 135 cm³/mol. The number of rotatable bonds is 5. The van der Waals surface area contributed by atoms with E-state index >= 15 is 0 Å². The Morgan fingerprint density at radius 1 is 1.00 bits per heavy atom. The van der Waals surface area contributed by atoms with E-state index in [9.17, 15) is 27.9 Å². The lowest BCUT2D eigenvalue weighted by Crippen LogP contribution is -2.60. The topological polar surface area (TPSA) is 67.3 Å². The number of carbonyl (C=O) groups excluding carboxylic acids is 2. The Hall–Kier alpha value is -2.82. The fourth-order valence-corrected chi connectivity index (χ4v) is 5.25. The van der Waals surface area contributed by atoms with E-state index in [4.69, 9.17) is 11.6 Å². The average molecular weight is 539 g/mol. The number of benzene rings is 2. The first-order valence-corrected chi connectivity index (χ1v) is 12.5. The predicted octanol–water partition coefficient (Wildman–Crippen LogP) is 3.21. The van der Waals surface area contributed by atoms with Crippen LogP contribution in [0.5, 0.6) is 0 Å². The van der Waals surface area contributed by atoms with Crippen molar-refractivity contribution >= 4 is 29.1 Å². The molecule has 200 valence electrons. The molecular formula is C26H30ClF3N4O3. The molecule has 2 aliphatic heterocycles. The summed E-state index contributed by atoms with van der Waals surface area (Å²) >= 11 is 6.37. The Balaban J connectivity index is 1.39. The third-order valence-electron chi connectivity index (χ3n) is 7.15. The van der Waals surface area contributed by atoms with Crippen LogP contribution >= 0.6 is 11.6 Å². The second-order valence-electron chi connectivity index (χ2n) is 9.65. The number of alkyl halides is 3. The molecule has 2 aromatic rings. The molecule has 11 heteroatoms. The molecule has 2 heterocycles. The SMILES string of the molecule is CN(C)C(=O)c1ccc(N2CCC(N3CCN(C(=O)[C@](O)(c4ccccc4)C(F)(F)F)CC3)C2)cc1Cl. The monoisotopic (exact) mass is 538 g/mol. The highest BCUT2D eigenvalue weighted by Gasteiger charge is 2.62. The van der Waals surface area contributed by atoms with E-state index in [1.165, 1.54) is 23.1 Å². The molecular weight excluding hydrogens is 509 g/mol. The van der Waals surface area contributed by atoms with E-state index in [-0.39, 0.29) is 25.0 Å². The quantitative estimate of drug-likeness (QED) is 0.633. The molecule has 0 aliphatic carbocycles. The van der Waals surface area contributed by atoms with Crippen LogP contribution in [0.2, 0.25) is 5.02 Å². The van der Waals surface area contributed by atoms with Crippen LogP contribution in [0.15, 0.2) is 48.5 Å². The van der Waals surface area contributed by atoms with Gasteiger partial charge < -0.3 is 19.8 Å². The van der Waals surface area contributed by atoms with Crippen LogP contribution in [0.3, 0.4) is 0 Å². The first kappa shape index (κ1) is 27.2. The number of halogens is 4. The van der Waals surface area contributed by atoms with Crippen LogP contribution in [-0.4, -0.2) is 97.2 Å². The van der Waals surface area contributed by atoms with Crippen LogP contribution in [0.25, 0.3) is 0 Å². The van der Waals surface area contributed by atoms with E-state index in [0.29, 0.717) is 30.2 Å². The summed E-state index contributed by atoms with van der Waals surface area (Å²) in [5.41, 5.74) is -2.74. The molecule has 2 amide bonds. The minimum atomic E-state index is -5.15. The summed E-state index contributed by atoms with van der Waals surface area (Å²) in [5.74, 6) is -1.52. The first-order valence-electron chi connectivity index (χ1n) is 12.1. The summed E-state index contributed by atoms with van der Waals surface area (Å²) < 4.78 is 41.7. The minimum Gasteiger partial charge on any atom is -0.370 e. The maximum absolute atomic E-state index is 13.9. The lowest BCUT2D eigenvalue weighted by atomic mass is 9.91. The number of amides is 2. The van der Waals surface area contributed by atoms with Gasteiger partial charge in [-0.05, 0) is 24.6 Å². The molecule has 2 saturated heterocycles. The summed E-state index contributed by atoms with van der Waals surface area (Å²) in [4.78, 5) is 32.1. The number of anilines is 1. The van der Waals surface area contributed by atoms with Gasteiger partial charge in [0.2, 0.25) is 0 Å².